The van der Waals surface area contributed by atoms with E-state index in [1.165, 1.54) is 0 Å². The molecule has 9 heavy (non-hydrogen) atoms. The lowest BCUT2D eigenvalue weighted by atomic mass is 10.1. The first-order valence-corrected chi connectivity index (χ1v) is 2.77. The van der Waals surface area contributed by atoms with E-state index in [0.717, 1.165) is 0 Å². The zero-order valence-corrected chi connectivity index (χ0v) is 6.10. The van der Waals surface area contributed by atoms with E-state index in [9.17, 15) is 0 Å². The van der Waals surface area contributed by atoms with Crippen molar-refractivity contribution in [2.24, 2.45) is 10.7 Å². The number of rotatable bonds is 0. The molecule has 0 atom stereocenters. The molecule has 0 rings (SSSR count). The molecule has 0 heterocycles. The number of terminal acetylenes is 1. The average molecular weight is 124 g/mol. The van der Waals surface area contributed by atoms with Crippen LogP contribution in [-0.4, -0.2) is 11.4 Å². The van der Waals surface area contributed by atoms with Gasteiger partial charge < -0.3 is 5.73 Å². The van der Waals surface area contributed by atoms with Crippen molar-refractivity contribution >= 4 is 5.84 Å². The number of nitrogens with zero attached hydrogens (tertiary/aromatic N) is 1. The van der Waals surface area contributed by atoms with Crippen LogP contribution >= 0.6 is 0 Å². The summed E-state index contributed by atoms with van der Waals surface area (Å²) in [6, 6.07) is 0. The van der Waals surface area contributed by atoms with Gasteiger partial charge in [0.15, 0.2) is 5.84 Å². The summed E-state index contributed by atoms with van der Waals surface area (Å²) >= 11 is 0. The largest absolute Gasteiger partial charge is 0.377 e. The molecule has 0 saturated heterocycles. The molecule has 0 aliphatic heterocycles. The van der Waals surface area contributed by atoms with Crippen LogP contribution in [0, 0.1) is 12.3 Å². The smallest absolute Gasteiger partial charge is 0.171 e. The van der Waals surface area contributed by atoms with Gasteiger partial charge in [-0.3, -0.25) is 4.99 Å². The molecule has 0 aromatic carbocycles. The van der Waals surface area contributed by atoms with Gasteiger partial charge in [-0.15, -0.1) is 6.42 Å². The molecule has 50 valence electrons. The van der Waals surface area contributed by atoms with Crippen molar-refractivity contribution in [1.29, 1.82) is 0 Å². The Hall–Kier alpha value is -0.970. The Kier molecular flexibility index (Phi) is 2.27. The number of nitrogens with two attached hydrogens (primary N) is 1. The third-order valence-corrected chi connectivity index (χ3v) is 0.604. The Morgan fingerprint density at radius 3 is 2.11 bits per heavy atom. The fourth-order valence-electron chi connectivity index (χ4n) is 0.394. The van der Waals surface area contributed by atoms with Gasteiger partial charge in [0.25, 0.3) is 0 Å². The van der Waals surface area contributed by atoms with Crippen LogP contribution in [0.5, 0.6) is 0 Å². The highest BCUT2D eigenvalue weighted by molar-refractivity contribution is 5.96. The highest BCUT2D eigenvalue weighted by Crippen LogP contribution is 2.04. The van der Waals surface area contributed by atoms with E-state index in [1.54, 1.807) is 0 Å². The SMILES string of the molecule is C#CC(N)=NC(C)(C)C. The number of hydrogen-bond donors (Lipinski definition) is 1. The minimum atomic E-state index is -0.156. The molecular formula is C7H12N2. The van der Waals surface area contributed by atoms with Crippen LogP contribution in [0.25, 0.3) is 0 Å². The summed E-state index contributed by atoms with van der Waals surface area (Å²) in [6.45, 7) is 5.82. The minimum absolute atomic E-state index is 0.156. The van der Waals surface area contributed by atoms with E-state index in [0.29, 0.717) is 0 Å². The Morgan fingerprint density at radius 2 is 2.00 bits per heavy atom. The zero-order chi connectivity index (χ0) is 7.49. The summed E-state index contributed by atoms with van der Waals surface area (Å²) in [7, 11) is 0. The van der Waals surface area contributed by atoms with Gasteiger partial charge in [0, 0.05) is 0 Å². The van der Waals surface area contributed by atoms with Crippen molar-refractivity contribution < 1.29 is 0 Å². The van der Waals surface area contributed by atoms with Crippen LogP contribution in [-0.2, 0) is 0 Å². The van der Waals surface area contributed by atoms with Gasteiger partial charge in [-0.2, -0.15) is 0 Å². The molecule has 0 amide bonds. The standard InChI is InChI=1S/C7H12N2/c1-5-6(8)9-7(2,3)4/h1H,2-4H3,(H2,8,9). The van der Waals surface area contributed by atoms with Crippen LogP contribution in [0.1, 0.15) is 20.8 Å². The third kappa shape index (κ3) is 4.89. The monoisotopic (exact) mass is 124 g/mol. The molecule has 0 unspecified atom stereocenters. The molecule has 0 aliphatic carbocycles. The average Bonchev–Trinajstić information content (AvgIpc) is 1.62. The van der Waals surface area contributed by atoms with E-state index in [1.807, 2.05) is 20.8 Å². The van der Waals surface area contributed by atoms with Gasteiger partial charge in [0.05, 0.1) is 5.54 Å². The second-order valence-corrected chi connectivity index (χ2v) is 2.81. The molecule has 0 aromatic rings. The van der Waals surface area contributed by atoms with Crippen molar-refractivity contribution in [3.8, 4) is 12.3 Å². The normalized spacial score (nSPS) is 12.9. The molecule has 0 fully saturated rings. The fourth-order valence-corrected chi connectivity index (χ4v) is 0.394. The van der Waals surface area contributed by atoms with Crippen molar-refractivity contribution in [3.05, 3.63) is 0 Å². The Labute approximate surface area is 56.2 Å². The van der Waals surface area contributed by atoms with Crippen LogP contribution in [0.2, 0.25) is 0 Å². The van der Waals surface area contributed by atoms with Gasteiger partial charge in [-0.05, 0) is 26.7 Å². The molecule has 0 aliphatic rings. The maximum absolute atomic E-state index is 5.27. The predicted octanol–water partition coefficient (Wildman–Crippen LogP) is 0.775. The van der Waals surface area contributed by atoms with Gasteiger partial charge >= 0.3 is 0 Å². The molecule has 2 N–H and O–H groups in total. The topological polar surface area (TPSA) is 38.4 Å². The Morgan fingerprint density at radius 1 is 1.56 bits per heavy atom. The van der Waals surface area contributed by atoms with Crippen LogP contribution in [0.15, 0.2) is 4.99 Å². The van der Waals surface area contributed by atoms with Crippen LogP contribution in [0.4, 0.5) is 0 Å². The lowest BCUT2D eigenvalue weighted by Gasteiger charge is -2.10. The molecular weight excluding hydrogens is 112 g/mol. The van der Waals surface area contributed by atoms with Crippen LogP contribution < -0.4 is 5.73 Å². The maximum atomic E-state index is 5.27. The van der Waals surface area contributed by atoms with E-state index in [4.69, 9.17) is 12.2 Å². The molecule has 0 aromatic heterocycles. The van der Waals surface area contributed by atoms with Gasteiger partial charge in [0.2, 0.25) is 0 Å². The molecule has 0 radical (unpaired) electrons. The van der Waals surface area contributed by atoms with Crippen molar-refractivity contribution in [1.82, 2.24) is 0 Å². The molecule has 0 saturated carbocycles. The molecule has 0 bridgehead atoms. The second-order valence-electron chi connectivity index (χ2n) is 2.81. The quantitative estimate of drug-likeness (QED) is 0.289. The van der Waals surface area contributed by atoms with E-state index >= 15 is 0 Å². The highest BCUT2D eigenvalue weighted by atomic mass is 14.9. The Balaban J connectivity index is 4.17. The fraction of sp³-hybridized carbons (Fsp3) is 0.571. The predicted molar refractivity (Wildman–Crippen MR) is 40.2 cm³/mol. The zero-order valence-electron chi connectivity index (χ0n) is 6.10. The summed E-state index contributed by atoms with van der Waals surface area (Å²) in [5.74, 6) is 2.52. The Bertz CT molecular complexity index is 155. The first kappa shape index (κ1) is 8.03. The number of aliphatic imine (C=N–C) groups is 1. The van der Waals surface area contributed by atoms with Crippen molar-refractivity contribution in [2.75, 3.05) is 0 Å². The minimum Gasteiger partial charge on any atom is -0.377 e. The van der Waals surface area contributed by atoms with E-state index in [2.05, 4.69) is 10.9 Å². The van der Waals surface area contributed by atoms with Crippen LogP contribution in [0.3, 0.4) is 0 Å². The van der Waals surface area contributed by atoms with Gasteiger partial charge in [-0.25, -0.2) is 0 Å². The van der Waals surface area contributed by atoms with E-state index in [-0.39, 0.29) is 11.4 Å². The van der Waals surface area contributed by atoms with Gasteiger partial charge in [-0.1, -0.05) is 0 Å². The first-order chi connectivity index (χ1) is 3.95. The molecule has 2 heteroatoms. The summed E-state index contributed by atoms with van der Waals surface area (Å²) in [5.41, 5.74) is 5.12. The van der Waals surface area contributed by atoms with Gasteiger partial charge in [0.1, 0.15) is 0 Å². The highest BCUT2D eigenvalue weighted by Gasteiger charge is 2.05. The molecule has 2 nitrogen and oxygen atoms in total. The maximum Gasteiger partial charge on any atom is 0.171 e. The number of hydrogen-bond acceptors (Lipinski definition) is 1. The lowest BCUT2D eigenvalue weighted by molar-refractivity contribution is 0.584. The first-order valence-electron chi connectivity index (χ1n) is 2.77. The molecule has 0 spiro atoms. The third-order valence-electron chi connectivity index (χ3n) is 0.604. The van der Waals surface area contributed by atoms with Crippen molar-refractivity contribution in [2.45, 2.75) is 26.3 Å². The van der Waals surface area contributed by atoms with E-state index < -0.39 is 0 Å². The van der Waals surface area contributed by atoms with Crippen molar-refractivity contribution in [3.63, 3.8) is 0 Å². The summed E-state index contributed by atoms with van der Waals surface area (Å²) in [4.78, 5) is 3.99. The second kappa shape index (κ2) is 2.54. The summed E-state index contributed by atoms with van der Waals surface area (Å²) in [6.07, 6.45) is 4.97. The lowest BCUT2D eigenvalue weighted by Crippen LogP contribution is -2.18. The number of amidine groups is 1. The summed E-state index contributed by atoms with van der Waals surface area (Å²) < 4.78 is 0. The summed E-state index contributed by atoms with van der Waals surface area (Å²) in [5, 5.41) is 0.